The van der Waals surface area contributed by atoms with Gasteiger partial charge in [0.2, 0.25) is 5.91 Å². The number of alkyl halides is 3. The highest BCUT2D eigenvalue weighted by Crippen LogP contribution is 2.32. The lowest BCUT2D eigenvalue weighted by Gasteiger charge is -2.29. The average Bonchev–Trinajstić information content (AvgIpc) is 3.06. The molecular formula is C18H26ClF3N2O. The van der Waals surface area contributed by atoms with Crippen molar-refractivity contribution in [1.29, 1.82) is 0 Å². The molecule has 1 aliphatic rings. The van der Waals surface area contributed by atoms with E-state index in [1.54, 1.807) is 17.9 Å². The van der Waals surface area contributed by atoms with Gasteiger partial charge in [0.15, 0.2) is 0 Å². The number of nitrogens with one attached hydrogen (secondary N) is 1. The Labute approximate surface area is 153 Å². The summed E-state index contributed by atoms with van der Waals surface area (Å²) in [5, 5.41) is 3.28. The fraction of sp³-hybridized carbons (Fsp3) is 0.611. The number of hydrogen-bond donors (Lipinski definition) is 1. The number of nitrogens with zero attached hydrogens (tertiary/aromatic N) is 1. The molecule has 1 aromatic carbocycles. The molecule has 1 N–H and O–H groups in total. The molecule has 1 fully saturated rings. The first-order chi connectivity index (χ1) is 11.3. The molecular weight excluding hydrogens is 353 g/mol. The molecule has 2 unspecified atom stereocenters. The second kappa shape index (κ2) is 9.43. The smallest absolute Gasteiger partial charge is 0.336 e. The Balaban J connectivity index is 0.00000312. The number of carbonyl (C=O) groups excluding carboxylic acids is 1. The van der Waals surface area contributed by atoms with Gasteiger partial charge < -0.3 is 10.2 Å². The zero-order valence-corrected chi connectivity index (χ0v) is 15.4. The fourth-order valence-electron chi connectivity index (χ4n) is 3.25. The van der Waals surface area contributed by atoms with Gasteiger partial charge in [-0.2, -0.15) is 13.2 Å². The van der Waals surface area contributed by atoms with Crippen LogP contribution < -0.4 is 5.32 Å². The highest BCUT2D eigenvalue weighted by molar-refractivity contribution is 5.85. The van der Waals surface area contributed by atoms with Gasteiger partial charge in [-0.15, -0.1) is 12.4 Å². The van der Waals surface area contributed by atoms with E-state index in [4.69, 9.17) is 0 Å². The van der Waals surface area contributed by atoms with Crippen molar-refractivity contribution < 1.29 is 18.0 Å². The molecule has 2 rings (SSSR count). The molecule has 142 valence electrons. The largest absolute Gasteiger partial charge is 0.416 e. The molecule has 7 heteroatoms. The Morgan fingerprint density at radius 2 is 2.12 bits per heavy atom. The molecule has 1 saturated heterocycles. The third kappa shape index (κ3) is 5.89. The number of benzene rings is 1. The minimum absolute atomic E-state index is 0. The van der Waals surface area contributed by atoms with Crippen LogP contribution in [-0.4, -0.2) is 30.4 Å². The van der Waals surface area contributed by atoms with E-state index in [1.807, 2.05) is 6.92 Å². The Morgan fingerprint density at radius 3 is 2.68 bits per heavy atom. The Hall–Kier alpha value is -1.27. The molecule has 1 amide bonds. The van der Waals surface area contributed by atoms with Crippen molar-refractivity contribution in [2.45, 2.75) is 45.3 Å². The van der Waals surface area contributed by atoms with Crippen molar-refractivity contribution in [3.63, 3.8) is 0 Å². The van der Waals surface area contributed by atoms with Crippen molar-refractivity contribution in [3.8, 4) is 0 Å². The zero-order chi connectivity index (χ0) is 17.7. The van der Waals surface area contributed by atoms with Crippen molar-refractivity contribution >= 4 is 18.3 Å². The molecule has 0 aromatic heterocycles. The van der Waals surface area contributed by atoms with E-state index in [-0.39, 0.29) is 24.4 Å². The molecule has 0 saturated carbocycles. The Bertz CT molecular complexity index is 559. The molecule has 0 aliphatic carbocycles. The second-order valence-corrected chi connectivity index (χ2v) is 6.38. The van der Waals surface area contributed by atoms with Crippen LogP contribution in [0.4, 0.5) is 13.2 Å². The highest BCUT2D eigenvalue weighted by Gasteiger charge is 2.31. The van der Waals surface area contributed by atoms with Crippen LogP contribution in [0.5, 0.6) is 0 Å². The number of hydrogen-bond acceptors (Lipinski definition) is 2. The predicted molar refractivity (Wildman–Crippen MR) is 94.7 cm³/mol. The minimum Gasteiger partial charge on any atom is -0.336 e. The summed E-state index contributed by atoms with van der Waals surface area (Å²) in [5.74, 6) is 0.533. The van der Waals surface area contributed by atoms with Gasteiger partial charge in [0.1, 0.15) is 0 Å². The fourth-order valence-corrected chi connectivity index (χ4v) is 3.25. The molecule has 3 nitrogen and oxygen atoms in total. The lowest BCUT2D eigenvalue weighted by Crippen LogP contribution is -2.33. The van der Waals surface area contributed by atoms with Gasteiger partial charge in [0, 0.05) is 13.0 Å². The topological polar surface area (TPSA) is 32.3 Å². The van der Waals surface area contributed by atoms with Crippen molar-refractivity contribution in [2.75, 3.05) is 19.6 Å². The monoisotopic (exact) mass is 378 g/mol. The van der Waals surface area contributed by atoms with Crippen molar-refractivity contribution in [1.82, 2.24) is 10.2 Å². The second-order valence-electron chi connectivity index (χ2n) is 6.38. The third-order valence-corrected chi connectivity index (χ3v) is 4.75. The SMILES string of the molecule is CCN(C(=O)CCC1CCNC1)C(C)c1cccc(C(F)(F)F)c1.Cl. The lowest BCUT2D eigenvalue weighted by atomic mass is 10.0. The number of carbonyl (C=O) groups is 1. The van der Waals surface area contributed by atoms with Gasteiger partial charge in [-0.25, -0.2) is 0 Å². The highest BCUT2D eigenvalue weighted by atomic mass is 35.5. The van der Waals surface area contributed by atoms with E-state index in [0.29, 0.717) is 24.4 Å². The van der Waals surface area contributed by atoms with Gasteiger partial charge in [0.25, 0.3) is 0 Å². The van der Waals surface area contributed by atoms with Crippen LogP contribution in [0.15, 0.2) is 24.3 Å². The van der Waals surface area contributed by atoms with Crippen molar-refractivity contribution in [3.05, 3.63) is 35.4 Å². The zero-order valence-electron chi connectivity index (χ0n) is 14.6. The molecule has 0 radical (unpaired) electrons. The Morgan fingerprint density at radius 1 is 1.40 bits per heavy atom. The quantitative estimate of drug-likeness (QED) is 0.794. The third-order valence-electron chi connectivity index (χ3n) is 4.75. The summed E-state index contributed by atoms with van der Waals surface area (Å²) in [6.07, 6.45) is -2.00. The van der Waals surface area contributed by atoms with Crippen LogP contribution in [0.25, 0.3) is 0 Å². The van der Waals surface area contributed by atoms with Crippen LogP contribution in [0.2, 0.25) is 0 Å². The van der Waals surface area contributed by atoms with Crippen LogP contribution in [0.3, 0.4) is 0 Å². The summed E-state index contributed by atoms with van der Waals surface area (Å²) < 4.78 is 38.6. The van der Waals surface area contributed by atoms with E-state index >= 15 is 0 Å². The average molecular weight is 379 g/mol. The minimum atomic E-state index is -4.37. The van der Waals surface area contributed by atoms with Crippen LogP contribution in [-0.2, 0) is 11.0 Å². The number of amides is 1. The van der Waals surface area contributed by atoms with Crippen LogP contribution >= 0.6 is 12.4 Å². The summed E-state index contributed by atoms with van der Waals surface area (Å²) >= 11 is 0. The van der Waals surface area contributed by atoms with Crippen molar-refractivity contribution in [2.24, 2.45) is 5.92 Å². The first-order valence-corrected chi connectivity index (χ1v) is 8.50. The summed E-state index contributed by atoms with van der Waals surface area (Å²) in [6.45, 7) is 6.08. The van der Waals surface area contributed by atoms with E-state index in [1.165, 1.54) is 6.07 Å². The molecule has 0 spiro atoms. The molecule has 1 aliphatic heterocycles. The van der Waals surface area contributed by atoms with Gasteiger partial charge in [-0.1, -0.05) is 12.1 Å². The maximum atomic E-state index is 12.9. The van der Waals surface area contributed by atoms with E-state index in [0.717, 1.165) is 38.1 Å². The molecule has 1 heterocycles. The van der Waals surface area contributed by atoms with E-state index in [2.05, 4.69) is 5.32 Å². The standard InChI is InChI=1S/C18H25F3N2O.ClH/c1-3-23(17(24)8-7-14-9-10-22-12-14)13(2)15-5-4-6-16(11-15)18(19,20)21;/h4-6,11,13-14,22H,3,7-10,12H2,1-2H3;1H. The summed E-state index contributed by atoms with van der Waals surface area (Å²) in [6, 6.07) is 4.88. The van der Waals surface area contributed by atoms with E-state index in [9.17, 15) is 18.0 Å². The molecule has 1 aromatic rings. The molecule has 0 bridgehead atoms. The predicted octanol–water partition coefficient (Wildman–Crippen LogP) is 4.43. The maximum Gasteiger partial charge on any atom is 0.416 e. The lowest BCUT2D eigenvalue weighted by molar-refractivity contribution is -0.137. The first-order valence-electron chi connectivity index (χ1n) is 8.50. The summed E-state index contributed by atoms with van der Waals surface area (Å²) in [4.78, 5) is 14.2. The maximum absolute atomic E-state index is 12.9. The van der Waals surface area contributed by atoms with Gasteiger partial charge in [-0.05, 0) is 63.4 Å². The number of halogens is 4. The first kappa shape index (κ1) is 21.8. The van der Waals surface area contributed by atoms with Crippen LogP contribution in [0, 0.1) is 5.92 Å². The number of rotatable bonds is 6. The van der Waals surface area contributed by atoms with Crippen LogP contribution in [0.1, 0.15) is 50.3 Å². The summed E-state index contributed by atoms with van der Waals surface area (Å²) in [5.41, 5.74) is -0.157. The summed E-state index contributed by atoms with van der Waals surface area (Å²) in [7, 11) is 0. The molecule has 25 heavy (non-hydrogen) atoms. The van der Waals surface area contributed by atoms with Gasteiger partial charge in [-0.3, -0.25) is 4.79 Å². The van der Waals surface area contributed by atoms with Gasteiger partial charge >= 0.3 is 6.18 Å². The van der Waals surface area contributed by atoms with E-state index < -0.39 is 11.7 Å². The Kier molecular flexibility index (Phi) is 8.22. The normalized spacial score (nSPS) is 18.5. The van der Waals surface area contributed by atoms with Gasteiger partial charge in [0.05, 0.1) is 11.6 Å². The molecule has 2 atom stereocenters.